The lowest BCUT2D eigenvalue weighted by Gasteiger charge is -2.20. The molecular weight excluding hydrogens is 378 g/mol. The molecule has 0 aliphatic rings. The summed E-state index contributed by atoms with van der Waals surface area (Å²) in [6.07, 6.45) is 4.88. The number of nitrogens with zero attached hydrogens (tertiary/aromatic N) is 3. The number of pyridine rings is 1. The Morgan fingerprint density at radius 1 is 1.13 bits per heavy atom. The first kappa shape index (κ1) is 21.5. The van der Waals surface area contributed by atoms with Crippen LogP contribution in [0.5, 0.6) is 11.5 Å². The predicted molar refractivity (Wildman–Crippen MR) is 121 cm³/mol. The molecule has 0 saturated carbocycles. The van der Waals surface area contributed by atoms with Crippen LogP contribution in [0.1, 0.15) is 38.1 Å². The highest BCUT2D eigenvalue weighted by Crippen LogP contribution is 2.30. The minimum absolute atomic E-state index is 0.0567. The van der Waals surface area contributed by atoms with Crippen molar-refractivity contribution in [1.82, 2.24) is 20.0 Å². The van der Waals surface area contributed by atoms with Crippen LogP contribution in [0.3, 0.4) is 0 Å². The van der Waals surface area contributed by atoms with Gasteiger partial charge in [-0.3, -0.25) is 4.99 Å². The zero-order chi connectivity index (χ0) is 21.3. The van der Waals surface area contributed by atoms with E-state index in [4.69, 9.17) is 9.47 Å². The summed E-state index contributed by atoms with van der Waals surface area (Å²) in [7, 11) is 1.77. The van der Waals surface area contributed by atoms with Gasteiger partial charge in [0.05, 0.1) is 24.9 Å². The van der Waals surface area contributed by atoms with Crippen LogP contribution in [-0.4, -0.2) is 42.2 Å². The lowest BCUT2D eigenvalue weighted by molar-refractivity contribution is 0.287. The maximum atomic E-state index is 5.74. The average Bonchev–Trinajstić information content (AvgIpc) is 3.17. The Balaban J connectivity index is 1.57. The molecule has 7 nitrogen and oxygen atoms in total. The minimum atomic E-state index is 0.0567. The van der Waals surface area contributed by atoms with Gasteiger partial charge in [-0.25, -0.2) is 4.98 Å². The zero-order valence-corrected chi connectivity index (χ0v) is 18.2. The van der Waals surface area contributed by atoms with Gasteiger partial charge in [-0.2, -0.15) is 0 Å². The maximum Gasteiger partial charge on any atom is 0.191 e. The highest BCUT2D eigenvalue weighted by molar-refractivity contribution is 5.80. The molecule has 0 fully saturated rings. The Kier molecular flexibility index (Phi) is 7.54. The first-order valence-corrected chi connectivity index (χ1v) is 10.4. The highest BCUT2D eigenvalue weighted by Gasteiger charge is 2.12. The maximum absolute atomic E-state index is 5.74. The molecule has 1 atom stereocenters. The van der Waals surface area contributed by atoms with E-state index in [2.05, 4.69) is 39.8 Å². The first-order chi connectivity index (χ1) is 14.6. The van der Waals surface area contributed by atoms with Gasteiger partial charge in [0.15, 0.2) is 17.5 Å². The van der Waals surface area contributed by atoms with Gasteiger partial charge in [0.2, 0.25) is 0 Å². The van der Waals surface area contributed by atoms with Crippen molar-refractivity contribution in [2.75, 3.05) is 26.8 Å². The molecule has 3 aromatic rings. The average molecular weight is 410 g/mol. The lowest BCUT2D eigenvalue weighted by Crippen LogP contribution is -2.39. The number of benzene rings is 1. The van der Waals surface area contributed by atoms with Gasteiger partial charge in [0, 0.05) is 32.4 Å². The first-order valence-electron chi connectivity index (χ1n) is 10.4. The summed E-state index contributed by atoms with van der Waals surface area (Å²) < 4.78 is 13.4. The number of imidazole rings is 1. The monoisotopic (exact) mass is 409 g/mol. The summed E-state index contributed by atoms with van der Waals surface area (Å²) in [5.41, 5.74) is 3.11. The summed E-state index contributed by atoms with van der Waals surface area (Å²) in [5, 5.41) is 6.80. The predicted octanol–water partition coefficient (Wildman–Crippen LogP) is 3.60. The molecule has 0 spiro atoms. The van der Waals surface area contributed by atoms with E-state index < -0.39 is 0 Å². The van der Waals surface area contributed by atoms with Crippen LogP contribution in [0.15, 0.2) is 53.8 Å². The fourth-order valence-corrected chi connectivity index (χ4v) is 3.24. The SMILES string of the molecule is CCOc1ccc(C(C)NC(=NC)NCCc2cn3ccccc3n2)cc1OCC. The molecular formula is C23H31N5O2. The number of guanidine groups is 1. The Morgan fingerprint density at radius 2 is 1.93 bits per heavy atom. The van der Waals surface area contributed by atoms with E-state index in [0.717, 1.165) is 47.3 Å². The van der Waals surface area contributed by atoms with Crippen LogP contribution in [0, 0.1) is 0 Å². The van der Waals surface area contributed by atoms with Crippen LogP contribution in [0.2, 0.25) is 0 Å². The van der Waals surface area contributed by atoms with E-state index >= 15 is 0 Å². The second kappa shape index (κ2) is 10.5. The van der Waals surface area contributed by atoms with Crippen molar-refractivity contribution in [3.63, 3.8) is 0 Å². The van der Waals surface area contributed by atoms with Gasteiger partial charge < -0.3 is 24.5 Å². The molecule has 0 bridgehead atoms. The summed E-state index contributed by atoms with van der Waals surface area (Å²) >= 11 is 0. The molecule has 0 radical (unpaired) electrons. The standard InChI is InChI=1S/C23H31N5O2/c1-5-29-20-11-10-18(15-21(20)30-6-2)17(3)26-23(24-4)25-13-12-19-16-28-14-8-7-9-22(28)27-19/h7-11,14-17H,5-6,12-13H2,1-4H3,(H2,24,25,26). The number of aliphatic imine (C=N–C) groups is 1. The van der Waals surface area contributed by atoms with Crippen molar-refractivity contribution in [2.24, 2.45) is 4.99 Å². The molecule has 30 heavy (non-hydrogen) atoms. The van der Waals surface area contributed by atoms with Gasteiger partial charge in [0.1, 0.15) is 5.65 Å². The second-order valence-electron chi connectivity index (χ2n) is 6.89. The van der Waals surface area contributed by atoms with E-state index in [-0.39, 0.29) is 6.04 Å². The molecule has 0 amide bonds. The van der Waals surface area contributed by atoms with E-state index in [1.54, 1.807) is 7.05 Å². The quantitative estimate of drug-likeness (QED) is 0.417. The van der Waals surface area contributed by atoms with Crippen molar-refractivity contribution >= 4 is 11.6 Å². The van der Waals surface area contributed by atoms with Gasteiger partial charge in [-0.1, -0.05) is 12.1 Å². The molecule has 0 aliphatic carbocycles. The Morgan fingerprint density at radius 3 is 2.67 bits per heavy atom. The molecule has 7 heteroatoms. The van der Waals surface area contributed by atoms with Crippen LogP contribution >= 0.6 is 0 Å². The molecule has 1 unspecified atom stereocenters. The normalized spacial score (nSPS) is 12.6. The molecule has 2 N–H and O–H groups in total. The molecule has 1 aromatic carbocycles. The number of hydrogen-bond donors (Lipinski definition) is 2. The van der Waals surface area contributed by atoms with Crippen molar-refractivity contribution in [3.05, 3.63) is 60.0 Å². The summed E-state index contributed by atoms with van der Waals surface area (Å²) in [6.45, 7) is 7.98. The Bertz CT molecular complexity index is 950. The number of hydrogen-bond acceptors (Lipinski definition) is 4. The van der Waals surface area contributed by atoms with E-state index in [1.165, 1.54) is 0 Å². The number of fused-ring (bicyclic) bond motifs is 1. The summed E-state index contributed by atoms with van der Waals surface area (Å²) in [6, 6.07) is 12.1. The van der Waals surface area contributed by atoms with E-state index in [1.807, 2.05) is 54.8 Å². The van der Waals surface area contributed by atoms with Gasteiger partial charge in [0.25, 0.3) is 0 Å². The molecule has 3 rings (SSSR count). The van der Waals surface area contributed by atoms with Crippen molar-refractivity contribution in [3.8, 4) is 11.5 Å². The largest absolute Gasteiger partial charge is 0.490 e. The fourth-order valence-electron chi connectivity index (χ4n) is 3.24. The van der Waals surface area contributed by atoms with Crippen molar-refractivity contribution < 1.29 is 9.47 Å². The third-order valence-electron chi connectivity index (χ3n) is 4.73. The molecule has 2 heterocycles. The van der Waals surface area contributed by atoms with Crippen LogP contribution < -0.4 is 20.1 Å². The van der Waals surface area contributed by atoms with Crippen molar-refractivity contribution in [1.29, 1.82) is 0 Å². The molecule has 160 valence electrons. The zero-order valence-electron chi connectivity index (χ0n) is 18.2. The Labute approximate surface area is 178 Å². The van der Waals surface area contributed by atoms with Crippen LogP contribution in [0.25, 0.3) is 5.65 Å². The topological polar surface area (TPSA) is 72.2 Å². The third kappa shape index (κ3) is 5.43. The molecule has 0 aliphatic heterocycles. The molecule has 2 aromatic heterocycles. The van der Waals surface area contributed by atoms with E-state index in [0.29, 0.717) is 13.2 Å². The second-order valence-corrected chi connectivity index (χ2v) is 6.89. The number of rotatable bonds is 9. The highest BCUT2D eigenvalue weighted by atomic mass is 16.5. The van der Waals surface area contributed by atoms with Gasteiger partial charge in [-0.15, -0.1) is 0 Å². The van der Waals surface area contributed by atoms with Gasteiger partial charge in [-0.05, 0) is 50.6 Å². The van der Waals surface area contributed by atoms with E-state index in [9.17, 15) is 0 Å². The fraction of sp³-hybridized carbons (Fsp3) is 0.391. The number of aromatic nitrogens is 2. The number of ether oxygens (including phenoxy) is 2. The molecule has 0 saturated heterocycles. The van der Waals surface area contributed by atoms with Crippen LogP contribution in [0.4, 0.5) is 0 Å². The third-order valence-corrected chi connectivity index (χ3v) is 4.73. The van der Waals surface area contributed by atoms with Gasteiger partial charge >= 0.3 is 0 Å². The van der Waals surface area contributed by atoms with Crippen LogP contribution in [-0.2, 0) is 6.42 Å². The van der Waals surface area contributed by atoms with Crippen molar-refractivity contribution in [2.45, 2.75) is 33.2 Å². The Hall–Kier alpha value is -3.22. The lowest BCUT2D eigenvalue weighted by atomic mass is 10.1. The summed E-state index contributed by atoms with van der Waals surface area (Å²) in [5.74, 6) is 2.28. The number of nitrogens with one attached hydrogen (secondary N) is 2. The smallest absolute Gasteiger partial charge is 0.191 e. The minimum Gasteiger partial charge on any atom is -0.490 e. The summed E-state index contributed by atoms with van der Waals surface area (Å²) in [4.78, 5) is 8.98.